The summed E-state index contributed by atoms with van der Waals surface area (Å²) in [6.07, 6.45) is 0. The Bertz CT molecular complexity index is 1020. The van der Waals surface area contributed by atoms with Crippen LogP contribution in [0.5, 0.6) is 5.75 Å². The fraction of sp³-hybridized carbons (Fsp3) is 0.143. The van der Waals surface area contributed by atoms with E-state index in [2.05, 4.69) is 0 Å². The van der Waals surface area contributed by atoms with Crippen molar-refractivity contribution >= 4 is 10.1 Å². The van der Waals surface area contributed by atoms with Crippen molar-refractivity contribution in [2.24, 2.45) is 0 Å². The molecule has 0 saturated heterocycles. The van der Waals surface area contributed by atoms with Crippen LogP contribution in [0.15, 0.2) is 77.7 Å². The molecule has 0 aliphatic rings. The van der Waals surface area contributed by atoms with Crippen LogP contribution < -0.4 is 0 Å². The summed E-state index contributed by atoms with van der Waals surface area (Å²) in [5.41, 5.74) is 1.58. The zero-order valence-electron chi connectivity index (χ0n) is 14.5. The van der Waals surface area contributed by atoms with E-state index in [1.54, 1.807) is 24.3 Å². The molecule has 3 rings (SSSR count). The highest BCUT2D eigenvalue weighted by Crippen LogP contribution is 2.45. The highest BCUT2D eigenvalue weighted by Gasteiger charge is 2.33. The van der Waals surface area contributed by atoms with E-state index < -0.39 is 15.5 Å². The van der Waals surface area contributed by atoms with Gasteiger partial charge in [0.15, 0.2) is 0 Å². The molecule has 0 heterocycles. The van der Waals surface area contributed by atoms with E-state index in [9.17, 15) is 18.1 Å². The molecule has 0 radical (unpaired) electrons. The normalized spacial score (nSPS) is 12.1. The fourth-order valence-corrected chi connectivity index (χ4v) is 4.03. The third kappa shape index (κ3) is 3.23. The van der Waals surface area contributed by atoms with Gasteiger partial charge in [-0.3, -0.25) is 4.55 Å². The smallest absolute Gasteiger partial charge is 0.295 e. The van der Waals surface area contributed by atoms with Crippen molar-refractivity contribution < 1.29 is 18.1 Å². The summed E-state index contributed by atoms with van der Waals surface area (Å²) >= 11 is 0. The summed E-state index contributed by atoms with van der Waals surface area (Å²) < 4.78 is 33.8. The van der Waals surface area contributed by atoms with Crippen molar-refractivity contribution in [3.63, 3.8) is 0 Å². The van der Waals surface area contributed by atoms with Gasteiger partial charge in [-0.25, -0.2) is 0 Å². The van der Waals surface area contributed by atoms with E-state index in [-0.39, 0.29) is 10.6 Å². The number of hydrogen-bond acceptors (Lipinski definition) is 3. The Morgan fingerprint density at radius 2 is 1.35 bits per heavy atom. The first kappa shape index (κ1) is 18.2. The molecule has 0 amide bonds. The van der Waals surface area contributed by atoms with Gasteiger partial charge in [-0.15, -0.1) is 0 Å². The van der Waals surface area contributed by atoms with Crippen LogP contribution in [0.3, 0.4) is 0 Å². The van der Waals surface area contributed by atoms with Gasteiger partial charge in [0.05, 0.1) is 0 Å². The Morgan fingerprint density at radius 3 is 1.88 bits per heavy atom. The largest absolute Gasteiger partial charge is 0.508 e. The Labute approximate surface area is 153 Å². The van der Waals surface area contributed by atoms with Crippen LogP contribution in [-0.2, 0) is 15.5 Å². The number of benzene rings is 3. The summed E-state index contributed by atoms with van der Waals surface area (Å²) in [7, 11) is -4.47. The van der Waals surface area contributed by atoms with Gasteiger partial charge in [0, 0.05) is 16.5 Å². The lowest BCUT2D eigenvalue weighted by Gasteiger charge is -2.30. The molecule has 0 fully saturated rings. The van der Waals surface area contributed by atoms with E-state index in [0.29, 0.717) is 16.7 Å². The van der Waals surface area contributed by atoms with E-state index in [0.717, 1.165) is 5.56 Å². The predicted octanol–water partition coefficient (Wildman–Crippen LogP) is 4.63. The van der Waals surface area contributed by atoms with Crippen molar-refractivity contribution in [1.29, 1.82) is 0 Å². The number of phenolic OH excluding ortho intramolecular Hbond substituents is 1. The molecule has 0 saturated carbocycles. The van der Waals surface area contributed by atoms with Crippen molar-refractivity contribution in [1.82, 2.24) is 0 Å². The van der Waals surface area contributed by atoms with Gasteiger partial charge in [-0.1, -0.05) is 74.5 Å². The molecule has 0 unspecified atom stereocenters. The maximum absolute atomic E-state index is 12.0. The maximum atomic E-state index is 12.0. The van der Waals surface area contributed by atoms with Crippen LogP contribution in [0.25, 0.3) is 11.1 Å². The molecule has 0 aromatic heterocycles. The molecule has 3 aromatic carbocycles. The van der Waals surface area contributed by atoms with E-state index in [1.165, 1.54) is 12.1 Å². The maximum Gasteiger partial charge on any atom is 0.295 e. The summed E-state index contributed by atoms with van der Waals surface area (Å²) in [5.74, 6) is -0.0230. The third-order valence-electron chi connectivity index (χ3n) is 4.61. The lowest BCUT2D eigenvalue weighted by molar-refractivity contribution is 0.452. The number of aromatic hydroxyl groups is 1. The van der Waals surface area contributed by atoms with Gasteiger partial charge >= 0.3 is 0 Å². The summed E-state index contributed by atoms with van der Waals surface area (Å²) in [4.78, 5) is -0.222. The molecule has 0 aliphatic heterocycles. The highest BCUT2D eigenvalue weighted by molar-refractivity contribution is 7.86. The minimum absolute atomic E-state index is 0.0230. The number of phenols is 1. The Hall–Kier alpha value is -2.63. The molecular weight excluding hydrogens is 348 g/mol. The SMILES string of the molecule is CC(C)(c1ccccc1)c1c(O)ccc(S(=O)(=O)O)c1-c1ccccc1. The number of hydrogen-bond donors (Lipinski definition) is 2. The Kier molecular flexibility index (Phi) is 4.61. The topological polar surface area (TPSA) is 74.6 Å². The first-order valence-corrected chi connectivity index (χ1v) is 9.62. The van der Waals surface area contributed by atoms with Crippen LogP contribution >= 0.6 is 0 Å². The molecule has 0 bridgehead atoms. The van der Waals surface area contributed by atoms with Crippen LogP contribution in [0, 0.1) is 0 Å². The van der Waals surface area contributed by atoms with Gasteiger partial charge in [-0.2, -0.15) is 8.42 Å². The average Bonchev–Trinajstić information content (AvgIpc) is 2.61. The van der Waals surface area contributed by atoms with Crippen LogP contribution in [-0.4, -0.2) is 18.1 Å². The molecule has 26 heavy (non-hydrogen) atoms. The lowest BCUT2D eigenvalue weighted by atomic mass is 9.74. The van der Waals surface area contributed by atoms with Crippen molar-refractivity contribution in [3.8, 4) is 16.9 Å². The summed E-state index contributed by atoms with van der Waals surface area (Å²) in [6.45, 7) is 3.83. The van der Waals surface area contributed by atoms with Gasteiger partial charge in [0.25, 0.3) is 10.1 Å². The molecule has 3 aromatic rings. The first-order valence-electron chi connectivity index (χ1n) is 8.18. The van der Waals surface area contributed by atoms with Crippen LogP contribution in [0.2, 0.25) is 0 Å². The molecule has 134 valence electrons. The zero-order chi connectivity index (χ0) is 18.9. The van der Waals surface area contributed by atoms with Crippen LogP contribution in [0.1, 0.15) is 25.0 Å². The second-order valence-electron chi connectivity index (χ2n) is 6.66. The summed E-state index contributed by atoms with van der Waals surface area (Å²) in [6, 6.07) is 21.0. The fourth-order valence-electron chi connectivity index (χ4n) is 3.31. The van der Waals surface area contributed by atoms with E-state index >= 15 is 0 Å². The molecule has 0 spiro atoms. The van der Waals surface area contributed by atoms with E-state index in [4.69, 9.17) is 0 Å². The molecule has 4 nitrogen and oxygen atoms in total. The monoisotopic (exact) mass is 368 g/mol. The van der Waals surface area contributed by atoms with Gasteiger partial charge in [0.2, 0.25) is 0 Å². The van der Waals surface area contributed by atoms with E-state index in [1.807, 2.05) is 50.2 Å². The van der Waals surface area contributed by atoms with Crippen molar-refractivity contribution in [3.05, 3.63) is 83.9 Å². The molecule has 2 N–H and O–H groups in total. The third-order valence-corrected chi connectivity index (χ3v) is 5.50. The van der Waals surface area contributed by atoms with Crippen molar-refractivity contribution in [2.45, 2.75) is 24.2 Å². The molecular formula is C21H20O4S. The highest BCUT2D eigenvalue weighted by atomic mass is 32.2. The molecule has 5 heteroatoms. The van der Waals surface area contributed by atoms with Crippen LogP contribution in [0.4, 0.5) is 0 Å². The zero-order valence-corrected chi connectivity index (χ0v) is 15.4. The Balaban J connectivity index is 2.43. The number of rotatable bonds is 4. The summed E-state index contributed by atoms with van der Waals surface area (Å²) in [5, 5.41) is 10.7. The lowest BCUT2D eigenvalue weighted by Crippen LogP contribution is -2.21. The van der Waals surface area contributed by atoms with Gasteiger partial charge < -0.3 is 5.11 Å². The predicted molar refractivity (Wildman–Crippen MR) is 102 cm³/mol. The second kappa shape index (κ2) is 6.59. The Morgan fingerprint density at radius 1 is 0.808 bits per heavy atom. The van der Waals surface area contributed by atoms with Gasteiger partial charge in [-0.05, 0) is 23.3 Å². The molecule has 0 aliphatic carbocycles. The minimum Gasteiger partial charge on any atom is -0.508 e. The quantitative estimate of drug-likeness (QED) is 0.658. The second-order valence-corrected chi connectivity index (χ2v) is 8.05. The molecule has 0 atom stereocenters. The van der Waals surface area contributed by atoms with Gasteiger partial charge in [0.1, 0.15) is 10.6 Å². The standard InChI is InChI=1S/C21H20O4S/c1-21(2,16-11-7-4-8-12-16)20-17(22)13-14-18(26(23,24)25)19(20)15-9-5-3-6-10-15/h3-14,22H,1-2H3,(H,23,24,25). The van der Waals surface area contributed by atoms with Crippen molar-refractivity contribution in [2.75, 3.05) is 0 Å². The first-order chi connectivity index (χ1) is 12.2. The minimum atomic E-state index is -4.47. The average molecular weight is 368 g/mol.